The number of unbranched alkanes of at least 4 members (excludes halogenated alkanes) is 2. The third-order valence-electron chi connectivity index (χ3n) is 6.81. The summed E-state index contributed by atoms with van der Waals surface area (Å²) >= 11 is 0. The molecule has 1 amide bonds. The summed E-state index contributed by atoms with van der Waals surface area (Å²) in [5, 5.41) is 3.06. The van der Waals surface area contributed by atoms with Crippen LogP contribution in [0.1, 0.15) is 36.2 Å². The number of hydrogen-bond acceptors (Lipinski definition) is 2. The van der Waals surface area contributed by atoms with E-state index in [0.717, 1.165) is 59.2 Å². The number of benzene rings is 4. The first-order valence-corrected chi connectivity index (χ1v) is 13.3. The van der Waals surface area contributed by atoms with Crippen molar-refractivity contribution in [3.8, 4) is 11.1 Å². The lowest BCUT2D eigenvalue weighted by Crippen LogP contribution is -2.26. The molecule has 1 N–H and O–H groups in total. The van der Waals surface area contributed by atoms with Gasteiger partial charge >= 0.3 is 0 Å². The average Bonchev–Trinajstić information content (AvgIpc) is 3.29. The van der Waals surface area contributed by atoms with Crippen LogP contribution in [0.3, 0.4) is 0 Å². The fourth-order valence-corrected chi connectivity index (χ4v) is 4.77. The van der Waals surface area contributed by atoms with Crippen LogP contribution in [0, 0.1) is 5.82 Å². The molecule has 0 saturated carbocycles. The highest BCUT2D eigenvalue weighted by Gasteiger charge is 2.11. The molecule has 0 spiro atoms. The minimum Gasteiger partial charge on any atom is -0.356 e. The molecule has 0 aliphatic rings. The Labute approximate surface area is 223 Å². The van der Waals surface area contributed by atoms with Crippen molar-refractivity contribution in [1.82, 2.24) is 14.9 Å². The lowest BCUT2D eigenvalue weighted by Gasteiger charge is -2.10. The highest BCUT2D eigenvalue weighted by atomic mass is 19.1. The van der Waals surface area contributed by atoms with Crippen molar-refractivity contribution < 1.29 is 9.18 Å². The van der Waals surface area contributed by atoms with Crippen LogP contribution in [0.15, 0.2) is 103 Å². The molecule has 0 fully saturated rings. The van der Waals surface area contributed by atoms with Crippen LogP contribution in [0.25, 0.3) is 22.2 Å². The molecule has 1 heterocycles. The van der Waals surface area contributed by atoms with Gasteiger partial charge in [-0.2, -0.15) is 0 Å². The summed E-state index contributed by atoms with van der Waals surface area (Å²) in [4.78, 5) is 17.3. The molecule has 192 valence electrons. The first-order valence-electron chi connectivity index (χ1n) is 13.3. The number of hydrogen-bond donors (Lipinski definition) is 1. The smallest absolute Gasteiger partial charge is 0.224 e. The number of para-hydroxylation sites is 2. The van der Waals surface area contributed by atoms with Gasteiger partial charge in [-0.25, -0.2) is 9.37 Å². The van der Waals surface area contributed by atoms with Crippen LogP contribution in [-0.2, 0) is 24.2 Å². The van der Waals surface area contributed by atoms with E-state index in [1.165, 1.54) is 17.7 Å². The van der Waals surface area contributed by atoms with Gasteiger partial charge in [-0.15, -0.1) is 0 Å². The standard InChI is InChI=1S/C33H32FN3O/c34-29-20-16-26(17-21-29)24-37-31-12-7-6-11-30(31)36-32(37)13-5-2-8-22-35-33(38)23-25-14-18-28(19-15-25)27-9-3-1-4-10-27/h1,3-4,6-7,9-12,14-21H,2,5,8,13,22-24H2,(H,35,38). The van der Waals surface area contributed by atoms with Crippen molar-refractivity contribution in [2.45, 2.75) is 38.6 Å². The van der Waals surface area contributed by atoms with E-state index in [1.807, 2.05) is 60.7 Å². The Balaban J connectivity index is 1.08. The van der Waals surface area contributed by atoms with Gasteiger partial charge < -0.3 is 9.88 Å². The predicted octanol–water partition coefficient (Wildman–Crippen LogP) is 6.96. The molecule has 0 radical (unpaired) electrons. The van der Waals surface area contributed by atoms with E-state index in [4.69, 9.17) is 4.98 Å². The maximum absolute atomic E-state index is 13.4. The molecule has 5 aromatic rings. The third kappa shape index (κ3) is 6.54. The van der Waals surface area contributed by atoms with Gasteiger partial charge in [0, 0.05) is 19.5 Å². The normalized spacial score (nSPS) is 11.1. The average molecular weight is 506 g/mol. The quantitative estimate of drug-likeness (QED) is 0.197. The second-order valence-electron chi connectivity index (χ2n) is 9.63. The first kappa shape index (κ1) is 25.4. The van der Waals surface area contributed by atoms with Crippen molar-refractivity contribution in [2.75, 3.05) is 6.54 Å². The molecular weight excluding hydrogens is 473 g/mol. The van der Waals surface area contributed by atoms with E-state index < -0.39 is 0 Å². The Bertz CT molecular complexity index is 1480. The summed E-state index contributed by atoms with van der Waals surface area (Å²) in [6.45, 7) is 1.34. The van der Waals surface area contributed by atoms with Crippen LogP contribution in [0.4, 0.5) is 4.39 Å². The summed E-state index contributed by atoms with van der Waals surface area (Å²) in [6.07, 6.45) is 4.17. The Morgan fingerprint density at radius 2 is 1.42 bits per heavy atom. The first-order chi connectivity index (χ1) is 18.7. The molecule has 0 aliphatic carbocycles. The maximum Gasteiger partial charge on any atom is 0.224 e. The van der Waals surface area contributed by atoms with Crippen molar-refractivity contribution in [3.63, 3.8) is 0 Å². The number of fused-ring (bicyclic) bond motifs is 1. The Morgan fingerprint density at radius 1 is 0.737 bits per heavy atom. The van der Waals surface area contributed by atoms with E-state index in [0.29, 0.717) is 19.5 Å². The zero-order valence-electron chi connectivity index (χ0n) is 21.4. The van der Waals surface area contributed by atoms with Gasteiger partial charge in [0.2, 0.25) is 5.91 Å². The highest BCUT2D eigenvalue weighted by Crippen LogP contribution is 2.21. The van der Waals surface area contributed by atoms with Gasteiger partial charge in [-0.1, -0.05) is 85.3 Å². The molecule has 5 heteroatoms. The largest absolute Gasteiger partial charge is 0.356 e. The van der Waals surface area contributed by atoms with E-state index in [2.05, 4.69) is 40.2 Å². The van der Waals surface area contributed by atoms with Crippen molar-refractivity contribution >= 4 is 16.9 Å². The zero-order valence-corrected chi connectivity index (χ0v) is 21.4. The number of aryl methyl sites for hydroxylation is 1. The lowest BCUT2D eigenvalue weighted by atomic mass is 10.0. The second-order valence-corrected chi connectivity index (χ2v) is 9.63. The highest BCUT2D eigenvalue weighted by molar-refractivity contribution is 5.79. The van der Waals surface area contributed by atoms with Gasteiger partial charge in [-0.05, 0) is 59.4 Å². The van der Waals surface area contributed by atoms with Gasteiger partial charge in [0.1, 0.15) is 11.6 Å². The summed E-state index contributed by atoms with van der Waals surface area (Å²) in [5.41, 5.74) is 6.47. The zero-order chi connectivity index (χ0) is 26.2. The van der Waals surface area contributed by atoms with Crippen molar-refractivity contribution in [1.29, 1.82) is 0 Å². The molecule has 0 atom stereocenters. The number of carbonyl (C=O) groups is 1. The Hall–Kier alpha value is -4.25. The molecule has 0 aliphatic heterocycles. The van der Waals surface area contributed by atoms with E-state index in [-0.39, 0.29) is 11.7 Å². The van der Waals surface area contributed by atoms with Gasteiger partial charge in [-0.3, -0.25) is 4.79 Å². The summed E-state index contributed by atoms with van der Waals surface area (Å²) in [6, 6.07) is 33.2. The summed E-state index contributed by atoms with van der Waals surface area (Å²) in [7, 11) is 0. The third-order valence-corrected chi connectivity index (χ3v) is 6.81. The van der Waals surface area contributed by atoms with Gasteiger partial charge in [0.05, 0.1) is 17.5 Å². The fourth-order valence-electron chi connectivity index (χ4n) is 4.77. The van der Waals surface area contributed by atoms with E-state index in [9.17, 15) is 9.18 Å². The van der Waals surface area contributed by atoms with Crippen LogP contribution in [0.2, 0.25) is 0 Å². The number of nitrogens with zero attached hydrogens (tertiary/aromatic N) is 2. The van der Waals surface area contributed by atoms with Crippen LogP contribution >= 0.6 is 0 Å². The molecule has 0 unspecified atom stereocenters. The maximum atomic E-state index is 13.4. The van der Waals surface area contributed by atoms with Crippen LogP contribution in [0.5, 0.6) is 0 Å². The molecule has 5 rings (SSSR count). The second kappa shape index (κ2) is 12.3. The molecule has 4 aromatic carbocycles. The molecule has 0 saturated heterocycles. The number of nitrogens with one attached hydrogen (secondary N) is 1. The van der Waals surface area contributed by atoms with Crippen LogP contribution in [-0.4, -0.2) is 22.0 Å². The number of rotatable bonds is 11. The van der Waals surface area contributed by atoms with Crippen molar-refractivity contribution in [2.24, 2.45) is 0 Å². The number of halogens is 1. The number of aromatic nitrogens is 2. The van der Waals surface area contributed by atoms with Gasteiger partial charge in [0.15, 0.2) is 0 Å². The topological polar surface area (TPSA) is 46.9 Å². The SMILES string of the molecule is O=C(Cc1ccc(-c2ccccc2)cc1)NCCCCCc1nc2ccccc2n1Cc1ccc(F)cc1. The summed E-state index contributed by atoms with van der Waals surface area (Å²) in [5.74, 6) is 0.870. The number of imidazole rings is 1. The lowest BCUT2D eigenvalue weighted by molar-refractivity contribution is -0.120. The molecular formula is C33H32FN3O. The molecule has 38 heavy (non-hydrogen) atoms. The van der Waals surface area contributed by atoms with Crippen molar-refractivity contribution in [3.05, 3.63) is 126 Å². The minimum atomic E-state index is -0.225. The Morgan fingerprint density at radius 3 is 2.21 bits per heavy atom. The predicted molar refractivity (Wildman–Crippen MR) is 151 cm³/mol. The minimum absolute atomic E-state index is 0.0542. The number of amides is 1. The van der Waals surface area contributed by atoms with E-state index >= 15 is 0 Å². The van der Waals surface area contributed by atoms with Gasteiger partial charge in [0.25, 0.3) is 0 Å². The van der Waals surface area contributed by atoms with Crippen LogP contribution < -0.4 is 5.32 Å². The molecule has 1 aromatic heterocycles. The monoisotopic (exact) mass is 505 g/mol. The van der Waals surface area contributed by atoms with E-state index in [1.54, 1.807) is 0 Å². The Kier molecular flexibility index (Phi) is 8.24. The molecule has 4 nitrogen and oxygen atoms in total. The fraction of sp³-hybridized carbons (Fsp3) is 0.212. The summed E-state index contributed by atoms with van der Waals surface area (Å²) < 4.78 is 15.6. The number of carbonyl (C=O) groups excluding carboxylic acids is 1. The molecule has 0 bridgehead atoms.